The molecule has 3 nitrogen and oxygen atoms in total. The van der Waals surface area contributed by atoms with E-state index >= 15 is 0 Å². The van der Waals surface area contributed by atoms with Crippen LogP contribution in [0.2, 0.25) is 0 Å². The Kier molecular flexibility index (Phi) is 3.84. The third kappa shape index (κ3) is 2.53. The van der Waals surface area contributed by atoms with Gasteiger partial charge in [0.25, 0.3) is 0 Å². The second-order valence-corrected chi connectivity index (χ2v) is 6.79. The Balaban J connectivity index is 2.30. The first-order valence-electron chi connectivity index (χ1n) is 6.18. The minimum Gasteiger partial charge on any atom is -0.330 e. The third-order valence-electron chi connectivity index (χ3n) is 3.42. The van der Waals surface area contributed by atoms with Crippen LogP contribution in [-0.2, 0) is 16.3 Å². The smallest absolute Gasteiger partial charge is 0.181 e. The molecule has 1 aliphatic rings. The van der Waals surface area contributed by atoms with E-state index in [9.17, 15) is 8.42 Å². The Labute approximate surface area is 103 Å². The van der Waals surface area contributed by atoms with E-state index in [1.165, 1.54) is 0 Å². The van der Waals surface area contributed by atoms with Gasteiger partial charge in [-0.05, 0) is 43.9 Å². The Morgan fingerprint density at radius 3 is 2.53 bits per heavy atom. The number of sulfone groups is 1. The van der Waals surface area contributed by atoms with Crippen molar-refractivity contribution in [2.24, 2.45) is 5.73 Å². The minimum absolute atomic E-state index is 0.151. The zero-order chi connectivity index (χ0) is 12.3. The van der Waals surface area contributed by atoms with Crippen LogP contribution in [0, 0.1) is 0 Å². The fourth-order valence-electron chi connectivity index (χ4n) is 2.14. The molecule has 0 aliphatic heterocycles. The quantitative estimate of drug-likeness (QED) is 0.872. The van der Waals surface area contributed by atoms with E-state index < -0.39 is 9.84 Å². The molecular weight excluding hydrogens is 234 g/mol. The first-order valence-corrected chi connectivity index (χ1v) is 7.73. The standard InChI is InChI=1S/C13H19NO2S/c14-10-4-6-11-5-1-2-9-13(11)17(15,16)12-7-3-8-12/h1-2,5,9,12H,3-4,6-8,10,14H2. The van der Waals surface area contributed by atoms with E-state index in [0.29, 0.717) is 11.4 Å². The van der Waals surface area contributed by atoms with Crippen molar-refractivity contribution < 1.29 is 8.42 Å². The van der Waals surface area contributed by atoms with Gasteiger partial charge >= 0.3 is 0 Å². The molecule has 2 rings (SSSR count). The van der Waals surface area contributed by atoms with Gasteiger partial charge in [0.1, 0.15) is 0 Å². The van der Waals surface area contributed by atoms with E-state index in [-0.39, 0.29) is 5.25 Å². The summed E-state index contributed by atoms with van der Waals surface area (Å²) in [7, 11) is -3.10. The molecule has 94 valence electrons. The summed E-state index contributed by atoms with van der Waals surface area (Å²) >= 11 is 0. The summed E-state index contributed by atoms with van der Waals surface area (Å²) in [5.74, 6) is 0. The van der Waals surface area contributed by atoms with Gasteiger partial charge in [-0.2, -0.15) is 0 Å². The lowest BCUT2D eigenvalue weighted by atomic mass is 10.00. The second kappa shape index (κ2) is 5.19. The molecule has 0 unspecified atom stereocenters. The van der Waals surface area contributed by atoms with Gasteiger partial charge in [-0.3, -0.25) is 0 Å². The highest BCUT2D eigenvalue weighted by molar-refractivity contribution is 7.92. The maximum Gasteiger partial charge on any atom is 0.181 e. The van der Waals surface area contributed by atoms with Crippen LogP contribution in [0.1, 0.15) is 31.2 Å². The Hall–Kier alpha value is -0.870. The van der Waals surface area contributed by atoms with E-state index in [0.717, 1.165) is 37.7 Å². The summed E-state index contributed by atoms with van der Waals surface area (Å²) < 4.78 is 24.7. The highest BCUT2D eigenvalue weighted by Gasteiger charge is 2.33. The van der Waals surface area contributed by atoms with Crippen molar-refractivity contribution >= 4 is 9.84 Å². The average Bonchev–Trinajstić information content (AvgIpc) is 2.23. The molecule has 1 aromatic carbocycles. The lowest BCUT2D eigenvalue weighted by molar-refractivity contribution is 0.476. The predicted molar refractivity (Wildman–Crippen MR) is 68.6 cm³/mol. The van der Waals surface area contributed by atoms with Crippen LogP contribution in [-0.4, -0.2) is 20.2 Å². The minimum atomic E-state index is -3.10. The van der Waals surface area contributed by atoms with Gasteiger partial charge in [0.05, 0.1) is 10.1 Å². The van der Waals surface area contributed by atoms with Crippen LogP contribution in [0.4, 0.5) is 0 Å². The molecule has 0 amide bonds. The summed E-state index contributed by atoms with van der Waals surface area (Å²) in [6.45, 7) is 0.595. The highest BCUT2D eigenvalue weighted by Crippen LogP contribution is 2.32. The zero-order valence-electron chi connectivity index (χ0n) is 9.93. The normalized spacial score (nSPS) is 16.8. The van der Waals surface area contributed by atoms with Gasteiger partial charge in [0, 0.05) is 0 Å². The molecule has 1 aliphatic carbocycles. The van der Waals surface area contributed by atoms with E-state index in [4.69, 9.17) is 5.73 Å². The van der Waals surface area contributed by atoms with Crippen molar-refractivity contribution in [3.63, 3.8) is 0 Å². The molecule has 1 aromatic rings. The zero-order valence-corrected chi connectivity index (χ0v) is 10.7. The Morgan fingerprint density at radius 1 is 1.24 bits per heavy atom. The van der Waals surface area contributed by atoms with E-state index in [2.05, 4.69) is 0 Å². The molecule has 0 radical (unpaired) electrons. The van der Waals surface area contributed by atoms with Gasteiger partial charge in [-0.15, -0.1) is 0 Å². The number of rotatable bonds is 5. The van der Waals surface area contributed by atoms with Crippen LogP contribution in [0.5, 0.6) is 0 Å². The first kappa shape index (κ1) is 12.6. The van der Waals surface area contributed by atoms with E-state index in [1.807, 2.05) is 12.1 Å². The molecule has 2 N–H and O–H groups in total. The van der Waals surface area contributed by atoms with Crippen LogP contribution >= 0.6 is 0 Å². The summed E-state index contributed by atoms with van der Waals surface area (Å²) in [6, 6.07) is 7.34. The summed E-state index contributed by atoms with van der Waals surface area (Å²) in [5.41, 5.74) is 6.40. The number of aryl methyl sites for hydroxylation is 1. The number of nitrogens with two attached hydrogens (primary N) is 1. The van der Waals surface area contributed by atoms with Crippen molar-refractivity contribution in [3.8, 4) is 0 Å². The monoisotopic (exact) mass is 253 g/mol. The van der Waals surface area contributed by atoms with Crippen LogP contribution in [0.3, 0.4) is 0 Å². The molecule has 17 heavy (non-hydrogen) atoms. The number of hydrogen-bond donors (Lipinski definition) is 1. The Morgan fingerprint density at radius 2 is 1.94 bits per heavy atom. The van der Waals surface area contributed by atoms with Crippen molar-refractivity contribution in [1.82, 2.24) is 0 Å². The highest BCUT2D eigenvalue weighted by atomic mass is 32.2. The largest absolute Gasteiger partial charge is 0.330 e. The van der Waals surface area contributed by atoms with Gasteiger partial charge in [-0.1, -0.05) is 24.6 Å². The topological polar surface area (TPSA) is 60.2 Å². The molecule has 1 fully saturated rings. The van der Waals surface area contributed by atoms with Crippen LogP contribution in [0.15, 0.2) is 29.2 Å². The summed E-state index contributed by atoms with van der Waals surface area (Å²) in [4.78, 5) is 0.526. The molecule has 0 atom stereocenters. The number of benzene rings is 1. The fraction of sp³-hybridized carbons (Fsp3) is 0.538. The molecule has 1 saturated carbocycles. The van der Waals surface area contributed by atoms with Gasteiger partial charge in [-0.25, -0.2) is 8.42 Å². The number of hydrogen-bond acceptors (Lipinski definition) is 3. The third-order valence-corrected chi connectivity index (χ3v) is 5.78. The molecule has 0 aromatic heterocycles. The first-order chi connectivity index (χ1) is 8.16. The molecule has 0 spiro atoms. The maximum absolute atomic E-state index is 12.4. The fourth-order valence-corrected chi connectivity index (χ4v) is 4.26. The van der Waals surface area contributed by atoms with Gasteiger partial charge in [0.15, 0.2) is 9.84 Å². The summed E-state index contributed by atoms with van der Waals surface area (Å²) in [6.07, 6.45) is 4.24. The molecule has 0 heterocycles. The van der Waals surface area contributed by atoms with Crippen molar-refractivity contribution in [2.75, 3.05) is 6.54 Å². The molecule has 4 heteroatoms. The average molecular weight is 253 g/mol. The Bertz CT molecular complexity index is 478. The second-order valence-electron chi connectivity index (χ2n) is 4.60. The van der Waals surface area contributed by atoms with Crippen molar-refractivity contribution in [1.29, 1.82) is 0 Å². The van der Waals surface area contributed by atoms with E-state index in [1.54, 1.807) is 12.1 Å². The SMILES string of the molecule is NCCCc1ccccc1S(=O)(=O)C1CCC1. The lowest BCUT2D eigenvalue weighted by Gasteiger charge is -2.26. The molecule has 0 bridgehead atoms. The van der Waals surface area contributed by atoms with Crippen molar-refractivity contribution in [3.05, 3.63) is 29.8 Å². The van der Waals surface area contributed by atoms with Gasteiger partial charge < -0.3 is 5.73 Å². The molecule has 0 saturated heterocycles. The van der Waals surface area contributed by atoms with Crippen LogP contribution in [0.25, 0.3) is 0 Å². The molecular formula is C13H19NO2S. The van der Waals surface area contributed by atoms with Crippen LogP contribution < -0.4 is 5.73 Å². The van der Waals surface area contributed by atoms with Crippen molar-refractivity contribution in [2.45, 2.75) is 42.2 Å². The lowest BCUT2D eigenvalue weighted by Crippen LogP contribution is -2.29. The predicted octanol–water partition coefficient (Wildman–Crippen LogP) is 1.90. The van der Waals surface area contributed by atoms with Gasteiger partial charge in [0.2, 0.25) is 0 Å². The summed E-state index contributed by atoms with van der Waals surface area (Å²) in [5, 5.41) is -0.151. The maximum atomic E-state index is 12.4.